The Bertz CT molecular complexity index is 630. The number of anilines is 1. The fraction of sp³-hybridized carbons (Fsp3) is 0.294. The van der Waals surface area contributed by atoms with E-state index in [1.807, 2.05) is 32.0 Å². The summed E-state index contributed by atoms with van der Waals surface area (Å²) < 4.78 is 19.2. The van der Waals surface area contributed by atoms with Crippen LogP contribution in [0.3, 0.4) is 0 Å². The first-order valence-corrected chi connectivity index (χ1v) is 6.79. The van der Waals surface area contributed by atoms with E-state index >= 15 is 0 Å². The van der Waals surface area contributed by atoms with E-state index in [1.165, 1.54) is 6.07 Å². The van der Waals surface area contributed by atoms with Crippen molar-refractivity contribution in [3.8, 4) is 5.75 Å². The smallest absolute Gasteiger partial charge is 0.146 e. The van der Waals surface area contributed by atoms with Crippen molar-refractivity contribution >= 4 is 5.69 Å². The standard InChI is InChI=1S/C17H20FNO2/c1-12-8-9-16(21-3)13(10-12)17(2,11-20)19-15-7-5-4-6-14(15)18/h4-10,19-20H,11H2,1-3H3. The van der Waals surface area contributed by atoms with E-state index in [2.05, 4.69) is 5.32 Å². The molecule has 0 fully saturated rings. The van der Waals surface area contributed by atoms with Crippen molar-refractivity contribution in [3.63, 3.8) is 0 Å². The molecule has 2 rings (SSSR count). The van der Waals surface area contributed by atoms with Crippen molar-refractivity contribution in [2.45, 2.75) is 19.4 Å². The number of aliphatic hydroxyl groups excluding tert-OH is 1. The molecule has 1 atom stereocenters. The van der Waals surface area contributed by atoms with Crippen LogP contribution in [-0.4, -0.2) is 18.8 Å². The van der Waals surface area contributed by atoms with Gasteiger partial charge >= 0.3 is 0 Å². The highest BCUT2D eigenvalue weighted by Crippen LogP contribution is 2.34. The fourth-order valence-electron chi connectivity index (χ4n) is 2.30. The predicted molar refractivity (Wildman–Crippen MR) is 82.2 cm³/mol. The van der Waals surface area contributed by atoms with Crippen LogP contribution in [0.15, 0.2) is 42.5 Å². The number of methoxy groups -OCH3 is 1. The molecule has 2 aromatic carbocycles. The maximum atomic E-state index is 13.9. The molecule has 0 spiro atoms. The summed E-state index contributed by atoms with van der Waals surface area (Å²) in [6, 6.07) is 12.1. The summed E-state index contributed by atoms with van der Waals surface area (Å²) in [5.41, 5.74) is 1.33. The van der Waals surface area contributed by atoms with Gasteiger partial charge in [-0.25, -0.2) is 4.39 Å². The number of hydrogen-bond acceptors (Lipinski definition) is 3. The minimum atomic E-state index is -0.848. The average Bonchev–Trinajstić information content (AvgIpc) is 2.49. The number of hydrogen-bond donors (Lipinski definition) is 2. The molecule has 2 N–H and O–H groups in total. The number of aliphatic hydroxyl groups is 1. The molecular weight excluding hydrogens is 269 g/mol. The van der Waals surface area contributed by atoms with Crippen LogP contribution in [0.1, 0.15) is 18.1 Å². The Labute approximate surface area is 124 Å². The normalized spacial score (nSPS) is 13.6. The van der Waals surface area contributed by atoms with Crippen molar-refractivity contribution < 1.29 is 14.2 Å². The fourth-order valence-corrected chi connectivity index (χ4v) is 2.30. The largest absolute Gasteiger partial charge is 0.496 e. The molecule has 0 amide bonds. The summed E-state index contributed by atoms with van der Waals surface area (Å²) in [7, 11) is 1.58. The zero-order chi connectivity index (χ0) is 15.5. The van der Waals surface area contributed by atoms with Crippen molar-refractivity contribution in [1.29, 1.82) is 0 Å². The van der Waals surface area contributed by atoms with Gasteiger partial charge in [0.05, 0.1) is 24.9 Å². The first-order valence-electron chi connectivity index (χ1n) is 6.79. The SMILES string of the molecule is COc1ccc(C)cc1C(C)(CO)Nc1ccccc1F. The summed E-state index contributed by atoms with van der Waals surface area (Å²) in [4.78, 5) is 0. The van der Waals surface area contributed by atoms with E-state index in [4.69, 9.17) is 4.74 Å². The third-order valence-electron chi connectivity index (χ3n) is 3.55. The van der Waals surface area contributed by atoms with Crippen LogP contribution in [0, 0.1) is 12.7 Å². The maximum Gasteiger partial charge on any atom is 0.146 e. The molecule has 112 valence electrons. The molecule has 0 aliphatic carbocycles. The minimum Gasteiger partial charge on any atom is -0.496 e. The summed E-state index contributed by atoms with van der Waals surface area (Å²) in [5.74, 6) is 0.296. The van der Waals surface area contributed by atoms with E-state index in [-0.39, 0.29) is 12.4 Å². The summed E-state index contributed by atoms with van der Waals surface area (Å²) in [6.07, 6.45) is 0. The Kier molecular flexibility index (Phi) is 4.48. The highest BCUT2D eigenvalue weighted by atomic mass is 19.1. The molecule has 0 aromatic heterocycles. The third-order valence-corrected chi connectivity index (χ3v) is 3.55. The molecule has 0 heterocycles. The van der Waals surface area contributed by atoms with Crippen molar-refractivity contribution in [3.05, 3.63) is 59.4 Å². The zero-order valence-corrected chi connectivity index (χ0v) is 12.5. The van der Waals surface area contributed by atoms with Gasteiger partial charge in [0, 0.05) is 5.56 Å². The number of rotatable bonds is 5. The van der Waals surface area contributed by atoms with Crippen molar-refractivity contribution in [2.24, 2.45) is 0 Å². The Balaban J connectivity index is 2.46. The van der Waals surface area contributed by atoms with E-state index in [9.17, 15) is 9.50 Å². The van der Waals surface area contributed by atoms with Crippen LogP contribution in [0.4, 0.5) is 10.1 Å². The second kappa shape index (κ2) is 6.14. The van der Waals surface area contributed by atoms with Crippen LogP contribution in [0.2, 0.25) is 0 Å². The highest BCUT2D eigenvalue weighted by Gasteiger charge is 2.30. The van der Waals surface area contributed by atoms with Gasteiger partial charge in [-0.05, 0) is 38.1 Å². The van der Waals surface area contributed by atoms with Crippen LogP contribution < -0.4 is 10.1 Å². The van der Waals surface area contributed by atoms with Gasteiger partial charge in [0.1, 0.15) is 11.6 Å². The first-order chi connectivity index (χ1) is 10.00. The predicted octanol–water partition coefficient (Wildman–Crippen LogP) is 3.46. The molecule has 21 heavy (non-hydrogen) atoms. The van der Waals surface area contributed by atoms with Gasteiger partial charge in [-0.2, -0.15) is 0 Å². The molecule has 0 saturated heterocycles. The van der Waals surface area contributed by atoms with Crippen LogP contribution in [0.5, 0.6) is 5.75 Å². The second-order valence-electron chi connectivity index (χ2n) is 5.30. The van der Waals surface area contributed by atoms with E-state index in [0.717, 1.165) is 11.1 Å². The van der Waals surface area contributed by atoms with Gasteiger partial charge in [-0.15, -0.1) is 0 Å². The summed E-state index contributed by atoms with van der Waals surface area (Å²) in [5, 5.41) is 12.9. The zero-order valence-electron chi connectivity index (χ0n) is 12.5. The number of halogens is 1. The molecule has 0 saturated carbocycles. The average molecular weight is 289 g/mol. The third kappa shape index (κ3) is 3.16. The van der Waals surface area contributed by atoms with Crippen LogP contribution >= 0.6 is 0 Å². The Morgan fingerprint density at radius 2 is 1.95 bits per heavy atom. The lowest BCUT2D eigenvalue weighted by atomic mass is 9.90. The summed E-state index contributed by atoms with van der Waals surface area (Å²) in [6.45, 7) is 3.59. The van der Waals surface area contributed by atoms with E-state index in [1.54, 1.807) is 25.3 Å². The quantitative estimate of drug-likeness (QED) is 0.885. The molecule has 0 bridgehead atoms. The van der Waals surface area contributed by atoms with Gasteiger partial charge < -0.3 is 15.2 Å². The number of nitrogens with one attached hydrogen (secondary N) is 1. The Hall–Kier alpha value is -2.07. The first kappa shape index (κ1) is 15.3. The van der Waals surface area contributed by atoms with Crippen LogP contribution in [0.25, 0.3) is 0 Å². The van der Waals surface area contributed by atoms with Crippen molar-refractivity contribution in [2.75, 3.05) is 19.0 Å². The number of ether oxygens (including phenoxy) is 1. The number of aryl methyl sites for hydroxylation is 1. The van der Waals surface area contributed by atoms with Gasteiger partial charge in [-0.1, -0.05) is 23.8 Å². The summed E-state index contributed by atoms with van der Waals surface area (Å²) >= 11 is 0. The molecule has 0 aliphatic heterocycles. The van der Waals surface area contributed by atoms with E-state index < -0.39 is 5.54 Å². The lowest BCUT2D eigenvalue weighted by molar-refractivity contribution is 0.220. The molecule has 4 heteroatoms. The van der Waals surface area contributed by atoms with Gasteiger partial charge in [-0.3, -0.25) is 0 Å². The number of benzene rings is 2. The van der Waals surface area contributed by atoms with Gasteiger partial charge in [0.25, 0.3) is 0 Å². The van der Waals surface area contributed by atoms with Gasteiger partial charge in [0.2, 0.25) is 0 Å². The molecular formula is C17H20FNO2. The van der Waals surface area contributed by atoms with Crippen molar-refractivity contribution in [1.82, 2.24) is 0 Å². The lowest BCUT2D eigenvalue weighted by Gasteiger charge is -2.32. The topological polar surface area (TPSA) is 41.5 Å². The lowest BCUT2D eigenvalue weighted by Crippen LogP contribution is -2.36. The maximum absolute atomic E-state index is 13.9. The Morgan fingerprint density at radius 1 is 1.24 bits per heavy atom. The molecule has 1 unspecified atom stereocenters. The molecule has 0 radical (unpaired) electrons. The molecule has 2 aromatic rings. The minimum absolute atomic E-state index is 0.193. The van der Waals surface area contributed by atoms with Crippen LogP contribution in [-0.2, 0) is 5.54 Å². The van der Waals surface area contributed by atoms with Gasteiger partial charge in [0.15, 0.2) is 0 Å². The second-order valence-corrected chi connectivity index (χ2v) is 5.30. The molecule has 3 nitrogen and oxygen atoms in total. The highest BCUT2D eigenvalue weighted by molar-refractivity contribution is 5.52. The van der Waals surface area contributed by atoms with E-state index in [0.29, 0.717) is 11.4 Å². The Morgan fingerprint density at radius 3 is 2.57 bits per heavy atom. The number of para-hydroxylation sites is 1. The monoisotopic (exact) mass is 289 g/mol. The molecule has 0 aliphatic rings.